The summed E-state index contributed by atoms with van der Waals surface area (Å²) >= 11 is 5.95. The van der Waals surface area contributed by atoms with Crippen LogP contribution in [0.4, 0.5) is 4.39 Å². The maximum absolute atomic E-state index is 13.6. The van der Waals surface area contributed by atoms with E-state index in [1.54, 1.807) is 19.2 Å². The molecule has 18 heavy (non-hydrogen) atoms. The zero-order valence-corrected chi connectivity index (χ0v) is 11.4. The van der Waals surface area contributed by atoms with Gasteiger partial charge in [0.1, 0.15) is 5.82 Å². The normalized spacial score (nSPS) is 14.5. The van der Waals surface area contributed by atoms with E-state index in [1.165, 1.54) is 6.07 Å². The highest BCUT2D eigenvalue weighted by Crippen LogP contribution is 2.20. The molecule has 5 heteroatoms. The molecule has 1 rings (SSSR count). The maximum atomic E-state index is 13.6. The van der Waals surface area contributed by atoms with Crippen LogP contribution in [0.25, 0.3) is 0 Å². The van der Waals surface area contributed by atoms with Crippen molar-refractivity contribution in [2.45, 2.75) is 25.4 Å². The average molecular weight is 276 g/mol. The molecule has 1 aromatic carbocycles. The lowest BCUT2D eigenvalue weighted by molar-refractivity contribution is 0.0968. The van der Waals surface area contributed by atoms with Crippen molar-refractivity contribution in [3.8, 4) is 0 Å². The molecule has 0 aliphatic carbocycles. The average Bonchev–Trinajstić information content (AvgIpc) is 2.29. The van der Waals surface area contributed by atoms with Gasteiger partial charge in [-0.1, -0.05) is 17.7 Å². The van der Waals surface area contributed by atoms with Crippen LogP contribution >= 0.6 is 11.6 Å². The van der Waals surface area contributed by atoms with Crippen molar-refractivity contribution in [3.05, 3.63) is 34.6 Å². The molecule has 0 unspecified atom stereocenters. The number of halogens is 2. The molecule has 0 saturated carbocycles. The standard InChI is InChI=1S/C13H19ClFNO2/c1-13(6-7-17,9-18-2)16-8-10-11(14)4-3-5-12(10)15/h3-5,16-17H,6-9H2,1-2H3/t13-/m0/s1. The Balaban J connectivity index is 2.72. The maximum Gasteiger partial charge on any atom is 0.129 e. The van der Waals surface area contributed by atoms with Gasteiger partial charge in [-0.2, -0.15) is 0 Å². The third-order valence-electron chi connectivity index (χ3n) is 2.88. The van der Waals surface area contributed by atoms with Gasteiger partial charge in [0.2, 0.25) is 0 Å². The summed E-state index contributed by atoms with van der Waals surface area (Å²) in [6, 6.07) is 4.60. The molecule has 0 amide bonds. The van der Waals surface area contributed by atoms with Crippen LogP contribution in [0.5, 0.6) is 0 Å². The molecule has 0 aliphatic rings. The van der Waals surface area contributed by atoms with Crippen molar-refractivity contribution >= 4 is 11.6 Å². The summed E-state index contributed by atoms with van der Waals surface area (Å²) in [7, 11) is 1.59. The zero-order valence-electron chi connectivity index (χ0n) is 10.7. The van der Waals surface area contributed by atoms with Gasteiger partial charge in [-0.3, -0.25) is 0 Å². The monoisotopic (exact) mass is 275 g/mol. The van der Waals surface area contributed by atoms with E-state index in [1.807, 2.05) is 6.92 Å². The molecule has 0 aromatic heterocycles. The lowest BCUT2D eigenvalue weighted by Crippen LogP contribution is -2.46. The first-order valence-electron chi connectivity index (χ1n) is 5.80. The number of hydrogen-bond acceptors (Lipinski definition) is 3. The molecule has 0 heterocycles. The Kier molecular flexibility index (Phi) is 6.02. The van der Waals surface area contributed by atoms with Crippen molar-refractivity contribution in [1.82, 2.24) is 5.32 Å². The second-order valence-corrected chi connectivity index (χ2v) is 4.93. The topological polar surface area (TPSA) is 41.5 Å². The van der Waals surface area contributed by atoms with Gasteiger partial charge in [0.15, 0.2) is 0 Å². The van der Waals surface area contributed by atoms with E-state index >= 15 is 0 Å². The van der Waals surface area contributed by atoms with Crippen molar-refractivity contribution in [2.24, 2.45) is 0 Å². The lowest BCUT2D eigenvalue weighted by atomic mass is 9.99. The quantitative estimate of drug-likeness (QED) is 0.803. The van der Waals surface area contributed by atoms with E-state index in [0.29, 0.717) is 30.2 Å². The Morgan fingerprint density at radius 3 is 2.78 bits per heavy atom. The molecule has 0 spiro atoms. The minimum absolute atomic E-state index is 0.0395. The van der Waals surface area contributed by atoms with Crippen LogP contribution in [0.3, 0.4) is 0 Å². The summed E-state index contributed by atoms with van der Waals surface area (Å²) in [5.41, 5.74) is 0.0224. The molecule has 2 N–H and O–H groups in total. The number of methoxy groups -OCH3 is 1. The van der Waals surface area contributed by atoms with E-state index < -0.39 is 5.54 Å². The third kappa shape index (κ3) is 4.21. The first-order valence-corrected chi connectivity index (χ1v) is 6.18. The molecular formula is C13H19ClFNO2. The summed E-state index contributed by atoms with van der Waals surface area (Å²) in [4.78, 5) is 0. The van der Waals surface area contributed by atoms with Crippen LogP contribution in [-0.4, -0.2) is 31.0 Å². The van der Waals surface area contributed by atoms with E-state index in [4.69, 9.17) is 21.4 Å². The van der Waals surface area contributed by atoms with Gasteiger partial charge in [0.25, 0.3) is 0 Å². The van der Waals surface area contributed by atoms with Gasteiger partial charge in [-0.15, -0.1) is 0 Å². The van der Waals surface area contributed by atoms with E-state index in [9.17, 15) is 4.39 Å². The summed E-state index contributed by atoms with van der Waals surface area (Å²) in [5, 5.41) is 12.6. The number of nitrogens with one attached hydrogen (secondary N) is 1. The van der Waals surface area contributed by atoms with Crippen LogP contribution in [0.1, 0.15) is 18.9 Å². The van der Waals surface area contributed by atoms with Crippen LogP contribution in [0.15, 0.2) is 18.2 Å². The number of hydrogen-bond donors (Lipinski definition) is 2. The molecule has 1 atom stereocenters. The largest absolute Gasteiger partial charge is 0.396 e. The van der Waals surface area contributed by atoms with Crippen LogP contribution < -0.4 is 5.32 Å². The molecule has 0 fully saturated rings. The van der Waals surface area contributed by atoms with Gasteiger partial charge < -0.3 is 15.2 Å². The number of benzene rings is 1. The van der Waals surface area contributed by atoms with Gasteiger partial charge in [0.05, 0.1) is 6.61 Å². The molecule has 1 aromatic rings. The fraction of sp³-hybridized carbons (Fsp3) is 0.538. The fourth-order valence-electron chi connectivity index (χ4n) is 1.78. The van der Waals surface area contributed by atoms with E-state index in [2.05, 4.69) is 5.32 Å². The van der Waals surface area contributed by atoms with Crippen LogP contribution in [0, 0.1) is 5.82 Å². The first-order chi connectivity index (χ1) is 8.52. The smallest absolute Gasteiger partial charge is 0.129 e. The number of aliphatic hydroxyl groups is 1. The number of aliphatic hydroxyl groups excluding tert-OH is 1. The fourth-order valence-corrected chi connectivity index (χ4v) is 2.01. The predicted octanol–water partition coefficient (Wildman–Crippen LogP) is 2.36. The zero-order chi connectivity index (χ0) is 13.6. The Labute approximate surface area is 112 Å². The SMILES string of the molecule is COC[C@](C)(CCO)NCc1c(F)cccc1Cl. The minimum Gasteiger partial charge on any atom is -0.396 e. The summed E-state index contributed by atoms with van der Waals surface area (Å²) < 4.78 is 18.7. The first kappa shape index (κ1) is 15.4. The van der Waals surface area contributed by atoms with Gasteiger partial charge in [-0.25, -0.2) is 4.39 Å². The third-order valence-corrected chi connectivity index (χ3v) is 3.23. The van der Waals surface area contributed by atoms with Crippen molar-refractivity contribution in [2.75, 3.05) is 20.3 Å². The molecule has 0 saturated heterocycles. The highest BCUT2D eigenvalue weighted by molar-refractivity contribution is 6.31. The van der Waals surface area contributed by atoms with Crippen molar-refractivity contribution in [1.29, 1.82) is 0 Å². The number of rotatable bonds is 7. The second kappa shape index (κ2) is 7.04. The highest BCUT2D eigenvalue weighted by atomic mass is 35.5. The minimum atomic E-state index is -0.408. The highest BCUT2D eigenvalue weighted by Gasteiger charge is 2.23. The van der Waals surface area contributed by atoms with Crippen molar-refractivity contribution < 1.29 is 14.2 Å². The van der Waals surface area contributed by atoms with Crippen LogP contribution in [-0.2, 0) is 11.3 Å². The summed E-state index contributed by atoms with van der Waals surface area (Å²) in [5.74, 6) is -0.334. The second-order valence-electron chi connectivity index (χ2n) is 4.52. The molecule has 102 valence electrons. The predicted molar refractivity (Wildman–Crippen MR) is 70.2 cm³/mol. The Hall–Kier alpha value is -0.680. The molecule has 0 bridgehead atoms. The Morgan fingerprint density at radius 1 is 1.50 bits per heavy atom. The molecule has 3 nitrogen and oxygen atoms in total. The van der Waals surface area contributed by atoms with Crippen molar-refractivity contribution in [3.63, 3.8) is 0 Å². The van der Waals surface area contributed by atoms with Gasteiger partial charge in [0, 0.05) is 36.4 Å². The molecule has 0 radical (unpaired) electrons. The molecular weight excluding hydrogens is 257 g/mol. The Bertz CT molecular complexity index is 361. The van der Waals surface area contributed by atoms with Gasteiger partial charge in [-0.05, 0) is 25.5 Å². The van der Waals surface area contributed by atoms with E-state index in [-0.39, 0.29) is 12.4 Å². The lowest BCUT2D eigenvalue weighted by Gasteiger charge is -2.30. The summed E-state index contributed by atoms with van der Waals surface area (Å²) in [6.07, 6.45) is 0.521. The molecule has 0 aliphatic heterocycles. The van der Waals surface area contributed by atoms with Gasteiger partial charge >= 0.3 is 0 Å². The summed E-state index contributed by atoms with van der Waals surface area (Å²) in [6.45, 7) is 2.68. The van der Waals surface area contributed by atoms with Crippen LogP contribution in [0.2, 0.25) is 5.02 Å². The number of ether oxygens (including phenoxy) is 1. The van der Waals surface area contributed by atoms with E-state index in [0.717, 1.165) is 0 Å². The Morgan fingerprint density at radius 2 is 2.22 bits per heavy atom.